The van der Waals surface area contributed by atoms with Crippen molar-refractivity contribution in [3.05, 3.63) is 91.9 Å². The van der Waals surface area contributed by atoms with Crippen molar-refractivity contribution >= 4 is 44.1 Å². The molecule has 0 fully saturated rings. The first-order valence-corrected chi connectivity index (χ1v) is 15.3. The monoisotopic (exact) mass is 438 g/mol. The second-order valence-electron chi connectivity index (χ2n) is 2.80. The van der Waals surface area contributed by atoms with Crippen LogP contribution in [-0.2, 0) is 0 Å². The van der Waals surface area contributed by atoms with Crippen LogP contribution < -0.4 is 0 Å². The molecule has 0 unspecified atom stereocenters. The molecule has 0 bridgehead atoms. The Labute approximate surface area is 135 Å². The predicted octanol–water partition coefficient (Wildman–Crippen LogP) is 4.29. The Balaban J connectivity index is -0.000000206. The van der Waals surface area contributed by atoms with Gasteiger partial charge < -0.3 is 0 Å². The van der Waals surface area contributed by atoms with Gasteiger partial charge in [0.15, 0.2) is 0 Å². The van der Waals surface area contributed by atoms with E-state index in [4.69, 9.17) is 0 Å². The first-order valence-electron chi connectivity index (χ1n) is 5.58. The quantitative estimate of drug-likeness (QED) is 0.501. The zero-order valence-corrected chi connectivity index (χ0v) is 18.1. The summed E-state index contributed by atoms with van der Waals surface area (Å²) in [7, 11) is 0. The summed E-state index contributed by atoms with van der Waals surface area (Å²) < 4.78 is 0. The van der Waals surface area contributed by atoms with Gasteiger partial charge in [-0.2, -0.15) is 0 Å². The van der Waals surface area contributed by atoms with Gasteiger partial charge in [-0.3, -0.25) is 0 Å². The van der Waals surface area contributed by atoms with Crippen LogP contribution in [0.15, 0.2) is 91.9 Å². The van der Waals surface area contributed by atoms with E-state index in [1.807, 2.05) is 39.3 Å². The molecule has 0 aliphatic rings. The van der Waals surface area contributed by atoms with Gasteiger partial charge in [0, 0.05) is 0 Å². The molecule has 0 nitrogen and oxygen atoms in total. The summed E-state index contributed by atoms with van der Waals surface area (Å²) >= 11 is -2.17. The minimum atomic E-state index is -1.11. The second kappa shape index (κ2) is 22.7. The Hall–Kier alpha value is -0.451. The van der Waals surface area contributed by atoms with Crippen LogP contribution in [0.25, 0.3) is 0 Å². The van der Waals surface area contributed by atoms with Crippen LogP contribution in [0.5, 0.6) is 0 Å². The second-order valence-corrected chi connectivity index (χ2v) is 14.5. The number of hydrogen-bond donors (Lipinski definition) is 0. The Morgan fingerprint density at radius 1 is 0.474 bits per heavy atom. The van der Waals surface area contributed by atoms with E-state index in [9.17, 15) is 0 Å². The van der Waals surface area contributed by atoms with E-state index in [0.29, 0.717) is 0 Å². The average Bonchev–Trinajstić information content (AvgIpc) is 2.45. The van der Waals surface area contributed by atoms with Crippen LogP contribution >= 0.6 is 0 Å². The molecule has 100 valence electrons. The zero-order valence-electron chi connectivity index (χ0n) is 11.8. The summed E-state index contributed by atoms with van der Waals surface area (Å²) in [5.74, 6) is 0. The predicted molar refractivity (Wildman–Crippen MR) is 98.8 cm³/mol. The van der Waals surface area contributed by atoms with Gasteiger partial charge in [-0.25, -0.2) is 0 Å². The van der Waals surface area contributed by atoms with Gasteiger partial charge in [0.2, 0.25) is 0 Å². The van der Waals surface area contributed by atoms with E-state index in [0.717, 1.165) is 0 Å². The maximum atomic E-state index is 3.63. The molecular formula is C16H24Ge3. The van der Waals surface area contributed by atoms with Crippen molar-refractivity contribution in [2.75, 3.05) is 0 Å². The van der Waals surface area contributed by atoms with Crippen LogP contribution in [-0.4, -0.2) is 44.1 Å². The Kier molecular flexibility index (Phi) is 28.2. The fourth-order valence-corrected chi connectivity index (χ4v) is 3.03. The van der Waals surface area contributed by atoms with Gasteiger partial charge in [-0.1, -0.05) is 0 Å². The molecule has 0 atom stereocenters. The maximum absolute atomic E-state index is 3.63. The van der Waals surface area contributed by atoms with E-state index in [2.05, 4.69) is 52.6 Å². The van der Waals surface area contributed by atoms with Crippen LogP contribution in [0.3, 0.4) is 0 Å². The van der Waals surface area contributed by atoms with Crippen LogP contribution in [0.1, 0.15) is 0 Å². The Bertz CT molecular complexity index is 235. The van der Waals surface area contributed by atoms with E-state index >= 15 is 0 Å². The van der Waals surface area contributed by atoms with E-state index in [1.54, 1.807) is 0 Å². The first kappa shape index (κ1) is 23.6. The van der Waals surface area contributed by atoms with Crippen molar-refractivity contribution in [1.29, 1.82) is 0 Å². The van der Waals surface area contributed by atoms with E-state index < -0.39 is 28.7 Å². The van der Waals surface area contributed by atoms with E-state index in [1.165, 1.54) is 0 Å². The van der Waals surface area contributed by atoms with Crippen molar-refractivity contribution in [1.82, 2.24) is 0 Å². The fourth-order valence-electron chi connectivity index (χ4n) is 0.583. The van der Waals surface area contributed by atoms with Gasteiger partial charge in [0.25, 0.3) is 0 Å². The third kappa shape index (κ3) is 23.1. The standard InChI is InChI=1S/2C6H9Ge.C4H6Ge/c2*1-4-7(5-2)6-3;1-3-5-4-2/h2*4-6H,1-3H2;3-4H,1-2H2. The third-order valence-corrected chi connectivity index (χ3v) is 8.57. The summed E-state index contributed by atoms with van der Waals surface area (Å²) in [6.07, 6.45) is 0. The van der Waals surface area contributed by atoms with Crippen LogP contribution in [0.4, 0.5) is 0 Å². The number of rotatable bonds is 8. The molecule has 3 heteroatoms. The van der Waals surface area contributed by atoms with Gasteiger partial charge in [0.1, 0.15) is 0 Å². The average molecular weight is 434 g/mol. The van der Waals surface area contributed by atoms with Gasteiger partial charge in [-0.05, 0) is 0 Å². The van der Waals surface area contributed by atoms with Crippen LogP contribution in [0, 0.1) is 0 Å². The molecule has 0 heterocycles. The van der Waals surface area contributed by atoms with Crippen molar-refractivity contribution in [3.8, 4) is 0 Å². The first-order chi connectivity index (χ1) is 9.11. The molecule has 0 aromatic carbocycles. The zero-order chi connectivity index (χ0) is 15.5. The van der Waals surface area contributed by atoms with Crippen molar-refractivity contribution in [2.24, 2.45) is 0 Å². The molecule has 0 saturated heterocycles. The molecule has 0 saturated carbocycles. The molecule has 4 radical (unpaired) electrons. The topological polar surface area (TPSA) is 0 Å². The Morgan fingerprint density at radius 2 is 0.684 bits per heavy atom. The molecule has 0 aliphatic heterocycles. The summed E-state index contributed by atoms with van der Waals surface area (Å²) in [4.78, 5) is 15.6. The molecule has 19 heavy (non-hydrogen) atoms. The summed E-state index contributed by atoms with van der Waals surface area (Å²) in [5.41, 5.74) is 0. The van der Waals surface area contributed by atoms with Gasteiger partial charge in [0.05, 0.1) is 0 Å². The molecule has 0 aromatic rings. The van der Waals surface area contributed by atoms with Gasteiger partial charge in [-0.15, -0.1) is 0 Å². The molecule has 0 spiro atoms. The minimum absolute atomic E-state index is 0.0556. The Morgan fingerprint density at radius 3 is 0.684 bits per heavy atom. The normalized spacial score (nSPS) is 7.68. The fraction of sp³-hybridized carbons (Fsp3) is 0. The van der Waals surface area contributed by atoms with Crippen LogP contribution in [0.2, 0.25) is 0 Å². The molecule has 0 rings (SSSR count). The third-order valence-electron chi connectivity index (χ3n) is 1.65. The molecule has 0 aliphatic carbocycles. The SMILES string of the molecule is C=[CH][Ge]([CH]=C)[CH]=C.C=[CH][Ge]([CH]=C)[CH]=C.C=[CH][Ge][CH]=C. The van der Waals surface area contributed by atoms with Crippen molar-refractivity contribution in [2.45, 2.75) is 0 Å². The number of hydrogen-bond acceptors (Lipinski definition) is 0. The molecular weight excluding hydrogens is 410 g/mol. The molecule has 0 N–H and O–H groups in total. The molecule has 0 aromatic heterocycles. The summed E-state index contributed by atoms with van der Waals surface area (Å²) in [5, 5.41) is 0. The van der Waals surface area contributed by atoms with Gasteiger partial charge >= 0.3 is 136 Å². The molecule has 0 amide bonds. The summed E-state index contributed by atoms with van der Waals surface area (Å²) in [6, 6.07) is 0. The van der Waals surface area contributed by atoms with Crippen molar-refractivity contribution in [3.63, 3.8) is 0 Å². The summed E-state index contributed by atoms with van der Waals surface area (Å²) in [6.45, 7) is 28.9. The van der Waals surface area contributed by atoms with Crippen molar-refractivity contribution < 1.29 is 0 Å². The van der Waals surface area contributed by atoms with E-state index in [-0.39, 0.29) is 15.4 Å².